The highest BCUT2D eigenvalue weighted by Gasteiger charge is 2.30. The lowest BCUT2D eigenvalue weighted by atomic mass is 10.1. The molecule has 0 saturated heterocycles. The smallest absolute Gasteiger partial charge is 0.340 e. The average molecular weight is 464 g/mol. The van der Waals surface area contributed by atoms with E-state index in [0.717, 1.165) is 17.8 Å². The molecule has 10 heteroatoms. The van der Waals surface area contributed by atoms with Crippen LogP contribution in [0.15, 0.2) is 85.3 Å². The van der Waals surface area contributed by atoms with Crippen molar-refractivity contribution < 1.29 is 18.0 Å². The average Bonchev–Trinajstić information content (AvgIpc) is 2.81. The molecule has 0 radical (unpaired) electrons. The van der Waals surface area contributed by atoms with Crippen molar-refractivity contribution in [3.05, 3.63) is 96.4 Å². The van der Waals surface area contributed by atoms with Crippen LogP contribution in [0.25, 0.3) is 0 Å². The number of rotatable bonds is 7. The van der Waals surface area contributed by atoms with E-state index in [-0.39, 0.29) is 12.0 Å². The van der Waals surface area contributed by atoms with Crippen LogP contribution in [-0.2, 0) is 17.4 Å². The van der Waals surface area contributed by atoms with Crippen molar-refractivity contribution in [1.29, 1.82) is 0 Å². The molecule has 2 aromatic carbocycles. The van der Waals surface area contributed by atoms with Crippen LogP contribution in [0, 0.1) is 0 Å². The summed E-state index contributed by atoms with van der Waals surface area (Å²) in [4.78, 5) is 24.8. The molecule has 0 spiro atoms. The molecule has 0 bridgehead atoms. The van der Waals surface area contributed by atoms with Gasteiger partial charge in [0, 0.05) is 23.6 Å². The normalized spacial score (nSPS) is 11.0. The zero-order valence-corrected chi connectivity index (χ0v) is 17.7. The van der Waals surface area contributed by atoms with Gasteiger partial charge in [-0.15, -0.1) is 0 Å². The van der Waals surface area contributed by atoms with Gasteiger partial charge in [0.1, 0.15) is 23.8 Å². The van der Waals surface area contributed by atoms with Crippen molar-refractivity contribution in [3.63, 3.8) is 0 Å². The Morgan fingerprint density at radius 3 is 2.21 bits per heavy atom. The molecule has 7 nitrogen and oxygen atoms in total. The Labute approximate surface area is 193 Å². The number of alkyl halides is 3. The number of nitrogens with zero attached hydrogens (tertiary/aromatic N) is 3. The summed E-state index contributed by atoms with van der Waals surface area (Å²) in [7, 11) is 0. The molecular formula is C24H19F3N6O. The Bertz CT molecular complexity index is 1260. The Balaban J connectivity index is 1.35. The molecule has 34 heavy (non-hydrogen) atoms. The Morgan fingerprint density at radius 2 is 1.50 bits per heavy atom. The Kier molecular flexibility index (Phi) is 6.67. The first-order valence-corrected chi connectivity index (χ1v) is 10.2. The van der Waals surface area contributed by atoms with Crippen LogP contribution in [0.4, 0.5) is 42.0 Å². The standard InChI is InChI=1S/C24H19F3N6O/c25-24(26,27)17-5-3-4-16(12-17)13-23(34)32-19-9-7-18(8-10-19)31-21-14-22(30-15-29-21)33-20-6-1-2-11-28-20/h1-12,14-15H,13H2,(H,32,34)(H2,28,29,30,31,33). The quantitative estimate of drug-likeness (QED) is 0.332. The second kappa shape index (κ2) is 9.99. The van der Waals surface area contributed by atoms with Crippen LogP contribution >= 0.6 is 0 Å². The maximum absolute atomic E-state index is 12.8. The van der Waals surface area contributed by atoms with Crippen molar-refractivity contribution in [3.8, 4) is 0 Å². The minimum atomic E-state index is -4.45. The molecule has 4 aromatic rings. The van der Waals surface area contributed by atoms with Crippen molar-refractivity contribution in [2.75, 3.05) is 16.0 Å². The highest BCUT2D eigenvalue weighted by Crippen LogP contribution is 2.29. The minimum absolute atomic E-state index is 0.170. The summed E-state index contributed by atoms with van der Waals surface area (Å²) in [5.74, 6) is 1.35. The minimum Gasteiger partial charge on any atom is -0.340 e. The Hall–Kier alpha value is -4.47. The number of halogens is 3. The number of hydrogen-bond acceptors (Lipinski definition) is 6. The highest BCUT2D eigenvalue weighted by atomic mass is 19.4. The van der Waals surface area contributed by atoms with E-state index in [2.05, 4.69) is 30.9 Å². The summed E-state index contributed by atoms with van der Waals surface area (Å²) in [5, 5.41) is 8.91. The summed E-state index contributed by atoms with van der Waals surface area (Å²) < 4.78 is 38.5. The van der Waals surface area contributed by atoms with Crippen LogP contribution in [0.2, 0.25) is 0 Å². The van der Waals surface area contributed by atoms with Crippen LogP contribution < -0.4 is 16.0 Å². The van der Waals surface area contributed by atoms with Crippen molar-refractivity contribution in [2.45, 2.75) is 12.6 Å². The molecule has 0 aliphatic heterocycles. The number of carbonyl (C=O) groups is 1. The third-order valence-corrected chi connectivity index (χ3v) is 4.65. The van der Waals surface area contributed by atoms with Crippen molar-refractivity contribution >= 4 is 34.7 Å². The van der Waals surface area contributed by atoms with E-state index in [0.29, 0.717) is 23.1 Å². The zero-order valence-electron chi connectivity index (χ0n) is 17.7. The Morgan fingerprint density at radius 1 is 0.765 bits per heavy atom. The van der Waals surface area contributed by atoms with Gasteiger partial charge in [0.2, 0.25) is 5.91 Å². The summed E-state index contributed by atoms with van der Waals surface area (Å²) in [6, 6.07) is 18.8. The summed E-state index contributed by atoms with van der Waals surface area (Å²) >= 11 is 0. The molecule has 4 rings (SSSR count). The molecule has 0 saturated carbocycles. The summed E-state index contributed by atoms with van der Waals surface area (Å²) in [6.07, 6.45) is -1.54. The number of hydrogen-bond donors (Lipinski definition) is 3. The zero-order chi connectivity index (χ0) is 24.0. The molecule has 0 unspecified atom stereocenters. The number of anilines is 5. The van der Waals surface area contributed by atoms with Crippen LogP contribution in [0.3, 0.4) is 0 Å². The lowest BCUT2D eigenvalue weighted by Gasteiger charge is -2.10. The molecule has 0 fully saturated rings. The van der Waals surface area contributed by atoms with Gasteiger partial charge in [0.25, 0.3) is 0 Å². The van der Waals surface area contributed by atoms with Gasteiger partial charge in [-0.25, -0.2) is 15.0 Å². The molecule has 1 amide bonds. The first-order valence-electron chi connectivity index (χ1n) is 10.2. The van der Waals surface area contributed by atoms with Gasteiger partial charge >= 0.3 is 6.18 Å². The van der Waals surface area contributed by atoms with E-state index in [9.17, 15) is 18.0 Å². The van der Waals surface area contributed by atoms with Gasteiger partial charge < -0.3 is 16.0 Å². The number of benzene rings is 2. The van der Waals surface area contributed by atoms with Gasteiger partial charge in [-0.05, 0) is 48.0 Å². The van der Waals surface area contributed by atoms with Crippen LogP contribution in [0.5, 0.6) is 0 Å². The van der Waals surface area contributed by atoms with Gasteiger partial charge in [0.15, 0.2) is 0 Å². The van der Waals surface area contributed by atoms with Crippen LogP contribution in [0.1, 0.15) is 11.1 Å². The number of nitrogens with one attached hydrogen (secondary N) is 3. The topological polar surface area (TPSA) is 91.8 Å². The molecule has 0 atom stereocenters. The third-order valence-electron chi connectivity index (χ3n) is 4.65. The maximum atomic E-state index is 12.8. The largest absolute Gasteiger partial charge is 0.416 e. The SMILES string of the molecule is O=C(Cc1cccc(C(F)(F)F)c1)Nc1ccc(Nc2cc(Nc3ccccn3)ncn2)cc1. The third kappa shape index (κ3) is 6.28. The maximum Gasteiger partial charge on any atom is 0.416 e. The number of pyridine rings is 1. The van der Waals surface area contributed by atoms with Crippen LogP contribution in [-0.4, -0.2) is 20.9 Å². The number of aromatic nitrogens is 3. The van der Waals surface area contributed by atoms with Gasteiger partial charge in [-0.2, -0.15) is 13.2 Å². The number of carbonyl (C=O) groups excluding carboxylic acids is 1. The molecule has 0 aliphatic rings. The molecule has 2 heterocycles. The monoisotopic (exact) mass is 464 g/mol. The summed E-state index contributed by atoms with van der Waals surface area (Å²) in [5.41, 5.74) is 0.738. The lowest BCUT2D eigenvalue weighted by Crippen LogP contribution is -2.15. The predicted molar refractivity (Wildman–Crippen MR) is 123 cm³/mol. The van der Waals surface area contributed by atoms with Crippen molar-refractivity contribution in [1.82, 2.24) is 15.0 Å². The molecule has 2 aromatic heterocycles. The first kappa shape index (κ1) is 22.7. The van der Waals surface area contributed by atoms with E-state index in [1.54, 1.807) is 36.5 Å². The second-order valence-electron chi connectivity index (χ2n) is 7.25. The van der Waals surface area contributed by atoms with Gasteiger partial charge in [-0.1, -0.05) is 24.3 Å². The van der Waals surface area contributed by atoms with E-state index < -0.39 is 17.6 Å². The highest BCUT2D eigenvalue weighted by molar-refractivity contribution is 5.92. The fraction of sp³-hybridized carbons (Fsp3) is 0.0833. The fourth-order valence-corrected chi connectivity index (χ4v) is 3.09. The van der Waals surface area contributed by atoms with E-state index in [4.69, 9.17) is 0 Å². The molecular weight excluding hydrogens is 445 g/mol. The molecule has 0 aliphatic carbocycles. The molecule has 3 N–H and O–H groups in total. The predicted octanol–water partition coefficient (Wildman–Crippen LogP) is 5.56. The van der Waals surface area contributed by atoms with E-state index in [1.165, 1.54) is 18.5 Å². The van der Waals surface area contributed by atoms with Gasteiger partial charge in [0.05, 0.1) is 12.0 Å². The lowest BCUT2D eigenvalue weighted by molar-refractivity contribution is -0.137. The van der Waals surface area contributed by atoms with E-state index >= 15 is 0 Å². The summed E-state index contributed by atoms with van der Waals surface area (Å²) in [6.45, 7) is 0. The molecule has 172 valence electrons. The number of amides is 1. The van der Waals surface area contributed by atoms with Crippen molar-refractivity contribution in [2.24, 2.45) is 0 Å². The second-order valence-corrected chi connectivity index (χ2v) is 7.25. The first-order chi connectivity index (χ1) is 16.3. The fourth-order valence-electron chi connectivity index (χ4n) is 3.09. The van der Waals surface area contributed by atoms with E-state index in [1.807, 2.05) is 18.2 Å². The van der Waals surface area contributed by atoms with Gasteiger partial charge in [-0.3, -0.25) is 4.79 Å².